The topological polar surface area (TPSA) is 129 Å². The highest BCUT2D eigenvalue weighted by Crippen LogP contribution is 2.29. The smallest absolute Gasteiger partial charge is 0.336 e. The number of nitrogens with one attached hydrogen (secondary N) is 1. The molecule has 9 heteroatoms. The number of piperidine rings is 1. The predicted octanol–water partition coefficient (Wildman–Crippen LogP) is 0.00168. The van der Waals surface area contributed by atoms with Gasteiger partial charge in [0.05, 0.1) is 11.4 Å². The molecule has 0 saturated carbocycles. The summed E-state index contributed by atoms with van der Waals surface area (Å²) in [4.78, 5) is 27.1. The molecule has 3 N–H and O–H groups in total. The highest BCUT2D eigenvalue weighted by atomic mass is 16.5. The average Bonchev–Trinajstić information content (AvgIpc) is 3.15. The zero-order valence-corrected chi connectivity index (χ0v) is 14.3. The van der Waals surface area contributed by atoms with Crippen molar-refractivity contribution in [2.24, 2.45) is 5.92 Å². The van der Waals surface area contributed by atoms with Crippen molar-refractivity contribution >= 4 is 22.8 Å². The first-order chi connectivity index (χ1) is 12.4. The second-order valence-electron chi connectivity index (χ2n) is 6.34. The quantitative estimate of drug-likeness (QED) is 0.399. The van der Waals surface area contributed by atoms with Gasteiger partial charge in [-0.05, 0) is 12.5 Å². The molecule has 136 valence electrons. The molecule has 0 bridgehead atoms. The molecule has 0 aromatic carbocycles. The fraction of sp³-hybridized carbons (Fsp3) is 0.412. The van der Waals surface area contributed by atoms with E-state index in [9.17, 15) is 15.0 Å². The SMILES string of the molecule is C=CC1CCN(C(=O)C(O)(O)C#N)CC1N(C)c1ncnc2[nH]ccc12. The number of amides is 1. The van der Waals surface area contributed by atoms with Crippen LogP contribution in [0.5, 0.6) is 0 Å². The molecule has 26 heavy (non-hydrogen) atoms. The van der Waals surface area contributed by atoms with Crippen LogP contribution in [0.4, 0.5) is 5.82 Å². The van der Waals surface area contributed by atoms with E-state index >= 15 is 0 Å². The third kappa shape index (κ3) is 3.00. The number of anilines is 1. The van der Waals surface area contributed by atoms with Gasteiger partial charge < -0.3 is 25.0 Å². The molecule has 3 rings (SSSR count). The minimum atomic E-state index is -3.02. The van der Waals surface area contributed by atoms with Crippen LogP contribution < -0.4 is 4.90 Å². The standard InChI is InChI=1S/C17H20N6O3/c1-3-11-5-7-23(16(24)17(25,26)9-18)8-13(11)22(2)15-12-4-6-19-14(12)20-10-21-15/h3-4,6,10-11,13,25-26H,1,5,7-8H2,2H3,(H,19,20,21). The van der Waals surface area contributed by atoms with Gasteiger partial charge in [-0.2, -0.15) is 5.26 Å². The number of aromatic nitrogens is 3. The van der Waals surface area contributed by atoms with Crippen molar-refractivity contribution in [3.05, 3.63) is 31.2 Å². The van der Waals surface area contributed by atoms with Crippen molar-refractivity contribution < 1.29 is 15.0 Å². The normalized spacial score (nSPS) is 20.6. The number of aromatic amines is 1. The van der Waals surface area contributed by atoms with Gasteiger partial charge in [-0.15, -0.1) is 6.58 Å². The van der Waals surface area contributed by atoms with E-state index < -0.39 is 11.7 Å². The minimum absolute atomic E-state index is 0.0712. The molecule has 2 aromatic rings. The minimum Gasteiger partial charge on any atom is -0.354 e. The summed E-state index contributed by atoms with van der Waals surface area (Å²) >= 11 is 0. The van der Waals surface area contributed by atoms with Crippen molar-refractivity contribution in [1.82, 2.24) is 19.9 Å². The van der Waals surface area contributed by atoms with Crippen LogP contribution in [-0.4, -0.2) is 67.9 Å². The van der Waals surface area contributed by atoms with Gasteiger partial charge in [-0.3, -0.25) is 4.79 Å². The lowest BCUT2D eigenvalue weighted by atomic mass is 9.90. The number of carbonyl (C=O) groups is 1. The molecule has 0 aliphatic carbocycles. The lowest BCUT2D eigenvalue weighted by molar-refractivity contribution is -0.178. The number of nitriles is 1. The van der Waals surface area contributed by atoms with Crippen LogP contribution in [0.3, 0.4) is 0 Å². The van der Waals surface area contributed by atoms with Gasteiger partial charge in [0.25, 0.3) is 5.91 Å². The van der Waals surface area contributed by atoms with Gasteiger partial charge in [0.15, 0.2) is 0 Å². The Morgan fingerprint density at radius 3 is 3.04 bits per heavy atom. The summed E-state index contributed by atoms with van der Waals surface area (Å²) in [7, 11) is 1.86. The highest BCUT2D eigenvalue weighted by Gasteiger charge is 2.42. The fourth-order valence-electron chi connectivity index (χ4n) is 3.38. The fourth-order valence-corrected chi connectivity index (χ4v) is 3.38. The zero-order chi connectivity index (χ0) is 18.9. The summed E-state index contributed by atoms with van der Waals surface area (Å²) in [5.41, 5.74) is 0.704. The first-order valence-corrected chi connectivity index (χ1v) is 8.18. The molecule has 0 spiro atoms. The second kappa shape index (κ2) is 6.74. The van der Waals surface area contributed by atoms with E-state index in [0.29, 0.717) is 24.4 Å². The molecule has 3 heterocycles. The van der Waals surface area contributed by atoms with Crippen LogP contribution in [-0.2, 0) is 4.79 Å². The maximum absolute atomic E-state index is 12.3. The molecule has 1 fully saturated rings. The van der Waals surface area contributed by atoms with E-state index in [1.54, 1.807) is 6.20 Å². The predicted molar refractivity (Wildman–Crippen MR) is 93.7 cm³/mol. The van der Waals surface area contributed by atoms with Gasteiger partial charge in [0, 0.05) is 32.3 Å². The van der Waals surface area contributed by atoms with Crippen molar-refractivity contribution in [1.29, 1.82) is 5.26 Å². The van der Waals surface area contributed by atoms with Crippen molar-refractivity contribution in [3.8, 4) is 6.07 Å². The average molecular weight is 356 g/mol. The Morgan fingerprint density at radius 2 is 2.35 bits per heavy atom. The summed E-state index contributed by atoms with van der Waals surface area (Å²) in [6, 6.07) is 2.91. The summed E-state index contributed by atoms with van der Waals surface area (Å²) in [6.07, 6.45) is 5.65. The first-order valence-electron chi connectivity index (χ1n) is 8.18. The summed E-state index contributed by atoms with van der Waals surface area (Å²) in [5.74, 6) is -3.27. The summed E-state index contributed by atoms with van der Waals surface area (Å²) in [6.45, 7) is 4.41. The summed E-state index contributed by atoms with van der Waals surface area (Å²) < 4.78 is 0. The van der Waals surface area contributed by atoms with E-state index in [1.807, 2.05) is 24.1 Å². The lowest BCUT2D eigenvalue weighted by Gasteiger charge is -2.43. The van der Waals surface area contributed by atoms with Crippen molar-refractivity contribution in [2.75, 3.05) is 25.0 Å². The Balaban J connectivity index is 1.90. The number of hydrogen-bond donors (Lipinski definition) is 3. The van der Waals surface area contributed by atoms with Crippen LogP contribution in [0.2, 0.25) is 0 Å². The van der Waals surface area contributed by atoms with Crippen molar-refractivity contribution in [3.63, 3.8) is 0 Å². The number of hydrogen-bond acceptors (Lipinski definition) is 7. The molecule has 1 amide bonds. The van der Waals surface area contributed by atoms with Crippen LogP contribution in [0.1, 0.15) is 6.42 Å². The Kier molecular flexibility index (Phi) is 4.63. The van der Waals surface area contributed by atoms with E-state index in [1.165, 1.54) is 17.3 Å². The van der Waals surface area contributed by atoms with E-state index in [-0.39, 0.29) is 18.5 Å². The molecule has 2 aromatic heterocycles. The Labute approximate surface area is 150 Å². The van der Waals surface area contributed by atoms with Crippen LogP contribution in [0.25, 0.3) is 11.0 Å². The van der Waals surface area contributed by atoms with E-state index in [2.05, 4.69) is 21.5 Å². The maximum Gasteiger partial charge on any atom is 0.336 e. The molecular weight excluding hydrogens is 336 g/mol. The number of fused-ring (bicyclic) bond motifs is 1. The number of rotatable bonds is 4. The van der Waals surface area contributed by atoms with Gasteiger partial charge in [-0.1, -0.05) is 6.08 Å². The zero-order valence-electron chi connectivity index (χ0n) is 14.3. The van der Waals surface area contributed by atoms with Crippen LogP contribution in [0.15, 0.2) is 31.2 Å². The van der Waals surface area contributed by atoms with Crippen LogP contribution >= 0.6 is 0 Å². The van der Waals surface area contributed by atoms with Gasteiger partial charge in [0.1, 0.15) is 23.9 Å². The number of likely N-dealkylation sites (N-methyl/N-ethyl adjacent to an activating group) is 1. The lowest BCUT2D eigenvalue weighted by Crippen LogP contribution is -2.57. The number of carbonyl (C=O) groups excluding carboxylic acids is 1. The molecule has 1 aliphatic rings. The Hall–Kier alpha value is -2.96. The molecule has 1 aliphatic heterocycles. The van der Waals surface area contributed by atoms with Gasteiger partial charge in [0.2, 0.25) is 0 Å². The third-order valence-corrected chi connectivity index (χ3v) is 4.84. The number of aliphatic hydroxyl groups is 2. The Bertz CT molecular complexity index is 871. The number of H-pyrrole nitrogens is 1. The first kappa shape index (κ1) is 17.8. The van der Waals surface area contributed by atoms with Crippen LogP contribution in [0, 0.1) is 17.2 Å². The van der Waals surface area contributed by atoms with E-state index in [0.717, 1.165) is 5.39 Å². The number of likely N-dealkylation sites (tertiary alicyclic amines) is 1. The molecular formula is C17H20N6O3. The van der Waals surface area contributed by atoms with Gasteiger partial charge in [-0.25, -0.2) is 9.97 Å². The third-order valence-electron chi connectivity index (χ3n) is 4.84. The molecule has 0 radical (unpaired) electrons. The van der Waals surface area contributed by atoms with Gasteiger partial charge >= 0.3 is 5.79 Å². The number of nitrogens with zero attached hydrogens (tertiary/aromatic N) is 5. The maximum atomic E-state index is 12.3. The molecule has 2 unspecified atom stereocenters. The van der Waals surface area contributed by atoms with Crippen molar-refractivity contribution in [2.45, 2.75) is 18.2 Å². The molecule has 1 saturated heterocycles. The monoisotopic (exact) mass is 356 g/mol. The van der Waals surface area contributed by atoms with E-state index in [4.69, 9.17) is 5.26 Å². The highest BCUT2D eigenvalue weighted by molar-refractivity contribution is 5.88. The molecule has 9 nitrogen and oxygen atoms in total. The Morgan fingerprint density at radius 1 is 1.58 bits per heavy atom. The second-order valence-corrected chi connectivity index (χ2v) is 6.34. The largest absolute Gasteiger partial charge is 0.354 e. The summed E-state index contributed by atoms with van der Waals surface area (Å²) in [5, 5.41) is 28.8. The molecule has 2 atom stereocenters.